The van der Waals surface area contributed by atoms with Crippen LogP contribution in [-0.4, -0.2) is 59.1 Å². The highest BCUT2D eigenvalue weighted by Crippen LogP contribution is 2.48. The van der Waals surface area contributed by atoms with Gasteiger partial charge in [0.25, 0.3) is 0 Å². The van der Waals surface area contributed by atoms with Crippen molar-refractivity contribution in [2.45, 2.75) is 51.3 Å². The minimum atomic E-state index is -1.44. The van der Waals surface area contributed by atoms with Crippen LogP contribution in [0.5, 0.6) is 17.2 Å². The largest absolute Gasteiger partial charge is 0.461 e. The van der Waals surface area contributed by atoms with Crippen LogP contribution >= 0.6 is 0 Å². The van der Waals surface area contributed by atoms with Crippen LogP contribution in [0.1, 0.15) is 33.5 Å². The van der Waals surface area contributed by atoms with Crippen LogP contribution in [0.15, 0.2) is 30.3 Å². The smallest absolute Gasteiger partial charge is 0.231 e. The number of ether oxygens (including phenoxy) is 4. The molecule has 2 aliphatic heterocycles. The number of hydrogen-bond donors (Lipinski definition) is 3. The van der Waals surface area contributed by atoms with E-state index in [2.05, 4.69) is 0 Å². The van der Waals surface area contributed by atoms with Crippen LogP contribution in [0.4, 0.5) is 0 Å². The van der Waals surface area contributed by atoms with E-state index < -0.39 is 24.6 Å². The summed E-state index contributed by atoms with van der Waals surface area (Å²) in [5.41, 5.74) is 5.09. The van der Waals surface area contributed by atoms with E-state index in [-0.39, 0.29) is 19.2 Å². The van der Waals surface area contributed by atoms with Gasteiger partial charge in [0.05, 0.1) is 6.61 Å². The van der Waals surface area contributed by atoms with Gasteiger partial charge in [-0.3, -0.25) is 4.79 Å². The van der Waals surface area contributed by atoms with E-state index in [1.165, 1.54) is 0 Å². The number of fused-ring (bicyclic) bond motifs is 3. The van der Waals surface area contributed by atoms with Crippen LogP contribution in [0, 0.1) is 13.8 Å². The summed E-state index contributed by atoms with van der Waals surface area (Å²) in [6, 6.07) is 9.72. The lowest BCUT2D eigenvalue weighted by molar-refractivity contribution is -0.241. The molecule has 0 spiro atoms. The van der Waals surface area contributed by atoms with E-state index in [1.807, 2.05) is 44.2 Å². The molecule has 0 aromatic heterocycles. The molecule has 1 fully saturated rings. The molecule has 0 bridgehead atoms. The highest BCUT2D eigenvalue weighted by atomic mass is 16.7. The second kappa shape index (κ2) is 8.20. The number of carbonyl (C=O) groups excluding carboxylic acids is 1. The minimum Gasteiger partial charge on any atom is -0.461 e. The Morgan fingerprint density at radius 1 is 0.886 bits per heavy atom. The Labute approximate surface area is 201 Å². The van der Waals surface area contributed by atoms with E-state index in [9.17, 15) is 20.1 Å². The molecule has 1 saturated heterocycles. The van der Waals surface area contributed by atoms with Gasteiger partial charge in [0.2, 0.25) is 13.1 Å². The summed E-state index contributed by atoms with van der Waals surface area (Å²) in [6.45, 7) is 4.00. The number of Topliss-reactive ketones (excluding diaryl/α,β-unsaturated/α-hetero) is 1. The van der Waals surface area contributed by atoms with Crippen molar-refractivity contribution in [2.24, 2.45) is 0 Å². The Bertz CT molecular complexity index is 1360. The Kier molecular flexibility index (Phi) is 5.23. The molecular weight excluding hydrogens is 452 g/mol. The van der Waals surface area contributed by atoms with E-state index in [4.69, 9.17) is 18.9 Å². The lowest BCUT2D eigenvalue weighted by Crippen LogP contribution is -2.54. The van der Waals surface area contributed by atoms with Crippen LogP contribution in [0.25, 0.3) is 21.9 Å². The van der Waals surface area contributed by atoms with Gasteiger partial charge in [0.1, 0.15) is 24.1 Å². The van der Waals surface area contributed by atoms with Gasteiger partial charge >= 0.3 is 0 Å². The molecule has 3 aromatic rings. The van der Waals surface area contributed by atoms with Crippen LogP contribution < -0.4 is 14.2 Å². The molecule has 3 aliphatic rings. The van der Waals surface area contributed by atoms with Crippen molar-refractivity contribution in [3.05, 3.63) is 52.6 Å². The molecule has 1 aliphatic carbocycles. The number of hydrogen-bond acceptors (Lipinski definition) is 8. The number of aliphatic hydroxyl groups is 3. The van der Waals surface area contributed by atoms with E-state index in [0.29, 0.717) is 35.7 Å². The quantitative estimate of drug-likeness (QED) is 0.527. The van der Waals surface area contributed by atoms with E-state index >= 15 is 0 Å². The highest BCUT2D eigenvalue weighted by molar-refractivity contribution is 6.16. The maximum absolute atomic E-state index is 13.2. The summed E-state index contributed by atoms with van der Waals surface area (Å²) in [6.07, 6.45) is -4.40. The fourth-order valence-corrected chi connectivity index (χ4v) is 5.17. The SMILES string of the molecule is Cc1cc2c(OC3OCC(O)C(O)C3O)c3c(c(-c4ccc5c(c4)OCO5)c2cc1C)C(=O)CC3. The Balaban J connectivity index is 1.59. The van der Waals surface area contributed by atoms with Crippen molar-refractivity contribution in [2.75, 3.05) is 13.4 Å². The molecular formula is C27H26O8. The summed E-state index contributed by atoms with van der Waals surface area (Å²) >= 11 is 0. The lowest BCUT2D eigenvalue weighted by atomic mass is 9.87. The summed E-state index contributed by atoms with van der Waals surface area (Å²) in [5.74, 6) is 1.77. The first-order chi connectivity index (χ1) is 16.8. The number of aliphatic hydroxyl groups excluding tert-OH is 3. The predicted molar refractivity (Wildman–Crippen MR) is 126 cm³/mol. The van der Waals surface area contributed by atoms with Gasteiger partial charge < -0.3 is 34.3 Å². The average Bonchev–Trinajstić information content (AvgIpc) is 3.46. The van der Waals surface area contributed by atoms with Gasteiger partial charge in [-0.2, -0.15) is 0 Å². The third kappa shape index (κ3) is 3.48. The van der Waals surface area contributed by atoms with Crippen molar-refractivity contribution >= 4 is 16.6 Å². The summed E-state index contributed by atoms with van der Waals surface area (Å²) in [5, 5.41) is 32.1. The van der Waals surface area contributed by atoms with Gasteiger partial charge in [0, 0.05) is 28.5 Å². The van der Waals surface area contributed by atoms with Gasteiger partial charge in [-0.05, 0) is 60.5 Å². The van der Waals surface area contributed by atoms with Crippen LogP contribution in [0.3, 0.4) is 0 Å². The van der Waals surface area contributed by atoms with Gasteiger partial charge in [-0.15, -0.1) is 0 Å². The summed E-state index contributed by atoms with van der Waals surface area (Å²) < 4.78 is 22.8. The molecule has 3 N–H and O–H groups in total. The Hall–Kier alpha value is -3.17. The monoisotopic (exact) mass is 478 g/mol. The molecule has 4 atom stereocenters. The molecule has 0 saturated carbocycles. The maximum Gasteiger partial charge on any atom is 0.231 e. The lowest BCUT2D eigenvalue weighted by Gasteiger charge is -2.35. The first kappa shape index (κ1) is 22.3. The van der Waals surface area contributed by atoms with E-state index in [1.54, 1.807) is 0 Å². The average molecular weight is 478 g/mol. The van der Waals surface area contributed by atoms with E-state index in [0.717, 1.165) is 38.6 Å². The number of aryl methyl sites for hydroxylation is 2. The van der Waals surface area contributed by atoms with Crippen LogP contribution in [0.2, 0.25) is 0 Å². The molecule has 4 unspecified atom stereocenters. The number of carbonyl (C=O) groups is 1. The predicted octanol–water partition coefficient (Wildman–Crippen LogP) is 2.80. The first-order valence-corrected chi connectivity index (χ1v) is 11.7. The molecule has 0 radical (unpaired) electrons. The summed E-state index contributed by atoms with van der Waals surface area (Å²) in [7, 11) is 0. The molecule has 3 aromatic carbocycles. The Morgan fingerprint density at radius 2 is 1.63 bits per heavy atom. The third-order valence-corrected chi connectivity index (χ3v) is 7.20. The van der Waals surface area contributed by atoms with Crippen molar-refractivity contribution in [3.63, 3.8) is 0 Å². The van der Waals surface area contributed by atoms with Crippen molar-refractivity contribution < 1.29 is 39.1 Å². The second-order valence-electron chi connectivity index (χ2n) is 9.40. The zero-order valence-electron chi connectivity index (χ0n) is 19.4. The fourth-order valence-electron chi connectivity index (χ4n) is 5.17. The molecule has 0 amide bonds. The number of ketones is 1. The normalized spacial score (nSPS) is 25.2. The topological polar surface area (TPSA) is 115 Å². The molecule has 8 heteroatoms. The summed E-state index contributed by atoms with van der Waals surface area (Å²) in [4.78, 5) is 13.2. The molecule has 6 rings (SSSR count). The first-order valence-electron chi connectivity index (χ1n) is 11.7. The fraction of sp³-hybridized carbons (Fsp3) is 0.370. The molecule has 2 heterocycles. The zero-order chi connectivity index (χ0) is 24.4. The van der Waals surface area contributed by atoms with Gasteiger partial charge in [-0.1, -0.05) is 12.1 Å². The minimum absolute atomic E-state index is 0.0122. The van der Waals surface area contributed by atoms with Crippen LogP contribution in [-0.2, 0) is 11.2 Å². The van der Waals surface area contributed by atoms with Gasteiger partial charge in [0.15, 0.2) is 17.3 Å². The second-order valence-corrected chi connectivity index (χ2v) is 9.40. The highest BCUT2D eigenvalue weighted by Gasteiger charge is 2.40. The Morgan fingerprint density at radius 3 is 2.43 bits per heavy atom. The number of rotatable bonds is 3. The molecule has 182 valence electrons. The maximum atomic E-state index is 13.2. The molecule has 35 heavy (non-hydrogen) atoms. The third-order valence-electron chi connectivity index (χ3n) is 7.20. The van der Waals surface area contributed by atoms with Crippen molar-refractivity contribution in [1.29, 1.82) is 0 Å². The van der Waals surface area contributed by atoms with Crippen molar-refractivity contribution in [1.82, 2.24) is 0 Å². The number of benzene rings is 3. The zero-order valence-corrected chi connectivity index (χ0v) is 19.4. The van der Waals surface area contributed by atoms with Gasteiger partial charge in [-0.25, -0.2) is 0 Å². The van der Waals surface area contributed by atoms with Crippen molar-refractivity contribution in [3.8, 4) is 28.4 Å². The standard InChI is InChI=1S/C27H26O8/c1-12-7-16-17(8-13(12)2)26(35-27-25(31)24(30)19(29)10-32-27)15-4-5-18(28)23(15)22(16)14-3-6-20-21(9-14)34-11-33-20/h3,6-9,19,24-25,27,29-31H,4-5,10-11H2,1-2H3. The molecule has 8 nitrogen and oxygen atoms in total.